The summed E-state index contributed by atoms with van der Waals surface area (Å²) in [5.41, 5.74) is 1.06. The zero-order valence-electron chi connectivity index (χ0n) is 9.42. The molecule has 2 heterocycles. The van der Waals surface area contributed by atoms with Crippen LogP contribution in [0, 0.1) is 0 Å². The minimum absolute atomic E-state index is 0.245. The lowest BCUT2D eigenvalue weighted by Crippen LogP contribution is -2.07. The zero-order valence-corrected chi connectivity index (χ0v) is 11.0. The first kappa shape index (κ1) is 11.2. The first-order valence-corrected chi connectivity index (χ1v) is 6.04. The van der Waals surface area contributed by atoms with E-state index in [9.17, 15) is 4.79 Å². The molecule has 0 unspecified atom stereocenters. The van der Waals surface area contributed by atoms with E-state index in [2.05, 4.69) is 26.2 Å². The number of carbonyl (C=O) groups is 1. The molecule has 0 atom stereocenters. The number of ketones is 1. The molecule has 0 spiro atoms. The summed E-state index contributed by atoms with van der Waals surface area (Å²) in [7, 11) is 1.66. The fourth-order valence-corrected chi connectivity index (χ4v) is 2.29. The molecule has 0 fully saturated rings. The van der Waals surface area contributed by atoms with Crippen molar-refractivity contribution < 1.29 is 9.21 Å². The van der Waals surface area contributed by atoms with Gasteiger partial charge < -0.3 is 4.42 Å². The molecule has 5 nitrogen and oxygen atoms in total. The lowest BCUT2D eigenvalue weighted by Gasteiger charge is -1.96. The molecule has 0 aliphatic carbocycles. The topological polar surface area (TPSA) is 60.9 Å². The summed E-state index contributed by atoms with van der Waals surface area (Å²) in [4.78, 5) is 12.3. The van der Waals surface area contributed by atoms with Gasteiger partial charge in [-0.3, -0.25) is 4.79 Å². The molecular weight excluding hydrogens is 298 g/mol. The van der Waals surface area contributed by atoms with Crippen LogP contribution in [0.25, 0.3) is 11.0 Å². The summed E-state index contributed by atoms with van der Waals surface area (Å²) in [6.45, 7) is 0. The normalized spacial score (nSPS) is 11.0. The van der Waals surface area contributed by atoms with Gasteiger partial charge in [-0.05, 0) is 28.1 Å². The molecule has 0 saturated carbocycles. The van der Waals surface area contributed by atoms with E-state index in [0.29, 0.717) is 15.9 Å². The standard InChI is InChI=1S/C12H8BrN3O2/c1-16-10(12(13)14-15-16)11(17)9-6-7-4-2-3-5-8(7)18-9/h2-6H,1H3. The lowest BCUT2D eigenvalue weighted by atomic mass is 10.2. The van der Waals surface area contributed by atoms with Crippen LogP contribution in [0.15, 0.2) is 39.4 Å². The number of hydrogen-bond acceptors (Lipinski definition) is 4. The minimum Gasteiger partial charge on any atom is -0.453 e. The average Bonchev–Trinajstić information content (AvgIpc) is 2.92. The maximum atomic E-state index is 12.3. The summed E-state index contributed by atoms with van der Waals surface area (Å²) in [5, 5.41) is 8.45. The Labute approximate surface area is 111 Å². The van der Waals surface area contributed by atoms with Gasteiger partial charge in [0.25, 0.3) is 0 Å². The molecule has 90 valence electrons. The van der Waals surface area contributed by atoms with Gasteiger partial charge in [-0.15, -0.1) is 5.10 Å². The van der Waals surface area contributed by atoms with Gasteiger partial charge in [0.2, 0.25) is 5.78 Å². The van der Waals surface area contributed by atoms with Gasteiger partial charge in [-0.1, -0.05) is 23.4 Å². The fourth-order valence-electron chi connectivity index (χ4n) is 1.78. The number of para-hydroxylation sites is 1. The maximum Gasteiger partial charge on any atom is 0.249 e. The van der Waals surface area contributed by atoms with Gasteiger partial charge in [-0.2, -0.15) is 0 Å². The van der Waals surface area contributed by atoms with Gasteiger partial charge in [0.15, 0.2) is 10.4 Å². The Hall–Kier alpha value is -1.95. The van der Waals surface area contributed by atoms with Gasteiger partial charge in [-0.25, -0.2) is 4.68 Å². The highest BCUT2D eigenvalue weighted by atomic mass is 79.9. The van der Waals surface area contributed by atoms with Crippen molar-refractivity contribution in [2.24, 2.45) is 7.05 Å². The molecule has 6 heteroatoms. The van der Waals surface area contributed by atoms with Crippen LogP contribution in [-0.4, -0.2) is 20.8 Å². The Morgan fingerprint density at radius 2 is 2.17 bits per heavy atom. The van der Waals surface area contributed by atoms with Crippen molar-refractivity contribution in [3.05, 3.63) is 46.4 Å². The van der Waals surface area contributed by atoms with Crippen LogP contribution in [0.1, 0.15) is 16.2 Å². The largest absolute Gasteiger partial charge is 0.453 e. The van der Waals surface area contributed by atoms with Crippen molar-refractivity contribution in [1.29, 1.82) is 0 Å². The predicted molar refractivity (Wildman–Crippen MR) is 68.3 cm³/mol. The Kier molecular flexibility index (Phi) is 2.52. The highest BCUT2D eigenvalue weighted by Crippen LogP contribution is 2.23. The van der Waals surface area contributed by atoms with Crippen molar-refractivity contribution >= 4 is 32.7 Å². The van der Waals surface area contributed by atoms with E-state index >= 15 is 0 Å². The van der Waals surface area contributed by atoms with Crippen molar-refractivity contribution in [3.63, 3.8) is 0 Å². The van der Waals surface area contributed by atoms with E-state index in [1.165, 1.54) is 4.68 Å². The highest BCUT2D eigenvalue weighted by Gasteiger charge is 2.21. The molecule has 0 radical (unpaired) electrons. The number of fused-ring (bicyclic) bond motifs is 1. The molecule has 3 aromatic rings. The first-order valence-electron chi connectivity index (χ1n) is 5.25. The van der Waals surface area contributed by atoms with Crippen LogP contribution in [-0.2, 0) is 7.05 Å². The summed E-state index contributed by atoms with van der Waals surface area (Å²) in [5.74, 6) is 0.0351. The van der Waals surface area contributed by atoms with Gasteiger partial charge in [0, 0.05) is 12.4 Å². The van der Waals surface area contributed by atoms with Gasteiger partial charge in [0.1, 0.15) is 11.3 Å². The number of benzene rings is 1. The van der Waals surface area contributed by atoms with Gasteiger partial charge >= 0.3 is 0 Å². The average molecular weight is 306 g/mol. The molecule has 18 heavy (non-hydrogen) atoms. The third kappa shape index (κ3) is 1.65. The second-order valence-electron chi connectivity index (χ2n) is 3.83. The number of rotatable bonds is 2. The molecule has 0 N–H and O–H groups in total. The first-order chi connectivity index (χ1) is 8.66. The van der Waals surface area contributed by atoms with E-state index in [0.717, 1.165) is 5.39 Å². The quantitative estimate of drug-likeness (QED) is 0.683. The molecule has 0 amide bonds. The van der Waals surface area contributed by atoms with E-state index in [-0.39, 0.29) is 11.5 Å². The lowest BCUT2D eigenvalue weighted by molar-refractivity contribution is 0.100. The summed E-state index contributed by atoms with van der Waals surface area (Å²) < 4.78 is 7.35. The van der Waals surface area contributed by atoms with Crippen molar-refractivity contribution in [2.75, 3.05) is 0 Å². The predicted octanol–water partition coefficient (Wildman–Crippen LogP) is 2.55. The Bertz CT molecular complexity index is 692. The van der Waals surface area contributed by atoms with Gasteiger partial charge in [0.05, 0.1) is 0 Å². The smallest absolute Gasteiger partial charge is 0.249 e. The van der Waals surface area contributed by atoms with Crippen LogP contribution in [0.2, 0.25) is 0 Å². The number of furan rings is 1. The van der Waals surface area contributed by atoms with Crippen LogP contribution in [0.5, 0.6) is 0 Å². The molecule has 0 aliphatic heterocycles. The second kappa shape index (κ2) is 4.06. The van der Waals surface area contributed by atoms with Crippen molar-refractivity contribution in [3.8, 4) is 0 Å². The van der Waals surface area contributed by atoms with E-state index in [1.807, 2.05) is 24.3 Å². The molecule has 3 rings (SSSR count). The summed E-state index contributed by atoms with van der Waals surface area (Å²) in [6.07, 6.45) is 0. The SMILES string of the molecule is Cn1nnc(Br)c1C(=O)c1cc2ccccc2o1. The number of carbonyl (C=O) groups excluding carboxylic acids is 1. The zero-order chi connectivity index (χ0) is 12.7. The molecular formula is C12H8BrN3O2. The van der Waals surface area contributed by atoms with Crippen LogP contribution in [0.3, 0.4) is 0 Å². The molecule has 1 aromatic carbocycles. The Morgan fingerprint density at radius 3 is 2.83 bits per heavy atom. The van der Waals surface area contributed by atoms with E-state index < -0.39 is 0 Å². The molecule has 0 aliphatic rings. The van der Waals surface area contributed by atoms with E-state index in [1.54, 1.807) is 13.1 Å². The van der Waals surface area contributed by atoms with E-state index in [4.69, 9.17) is 4.42 Å². The third-order valence-corrected chi connectivity index (χ3v) is 3.18. The third-order valence-electron chi connectivity index (χ3n) is 2.65. The number of nitrogens with zero attached hydrogens (tertiary/aromatic N) is 3. The summed E-state index contributed by atoms with van der Waals surface area (Å²) in [6, 6.07) is 9.20. The van der Waals surface area contributed by atoms with Crippen LogP contribution < -0.4 is 0 Å². The second-order valence-corrected chi connectivity index (χ2v) is 4.58. The molecule has 2 aromatic heterocycles. The Morgan fingerprint density at radius 1 is 1.39 bits per heavy atom. The molecule has 0 bridgehead atoms. The van der Waals surface area contributed by atoms with Crippen LogP contribution in [0.4, 0.5) is 0 Å². The number of halogens is 1. The highest BCUT2D eigenvalue weighted by molar-refractivity contribution is 9.10. The van der Waals surface area contributed by atoms with Crippen molar-refractivity contribution in [2.45, 2.75) is 0 Å². The maximum absolute atomic E-state index is 12.3. The number of hydrogen-bond donors (Lipinski definition) is 0. The minimum atomic E-state index is -0.245. The van der Waals surface area contributed by atoms with Crippen LogP contribution >= 0.6 is 15.9 Å². The number of aryl methyl sites for hydroxylation is 1. The molecule has 0 saturated heterocycles. The fraction of sp³-hybridized carbons (Fsp3) is 0.0833. The Balaban J connectivity index is 2.12. The number of aromatic nitrogens is 3. The monoisotopic (exact) mass is 305 g/mol. The van der Waals surface area contributed by atoms with Crippen molar-refractivity contribution in [1.82, 2.24) is 15.0 Å². The summed E-state index contributed by atoms with van der Waals surface area (Å²) >= 11 is 3.20.